The standard InChI is InChI=1S/C26H25FO4/c27-18-7-5-17(6-8-18)21-16-23(24-4-3-13-30-24)26(11-1-2-12-26)22(21)10-9-20-14-19(28)15-25(29)31-20/h3-10,13,16,19-20,28H,1-2,11-12,14-15H2/t19-,20-/m0/s1. The van der Waals surface area contributed by atoms with Gasteiger partial charge in [-0.15, -0.1) is 0 Å². The number of rotatable bonds is 4. The van der Waals surface area contributed by atoms with Crippen LogP contribution in [0.15, 0.2) is 70.9 Å². The molecule has 3 aliphatic rings. The van der Waals surface area contributed by atoms with E-state index in [4.69, 9.17) is 9.15 Å². The van der Waals surface area contributed by atoms with Crippen molar-refractivity contribution in [3.05, 3.63) is 83.6 Å². The van der Waals surface area contributed by atoms with Crippen LogP contribution in [-0.4, -0.2) is 23.3 Å². The predicted octanol–water partition coefficient (Wildman–Crippen LogP) is 5.45. The minimum atomic E-state index is -0.678. The van der Waals surface area contributed by atoms with Crippen LogP contribution in [0.4, 0.5) is 4.39 Å². The molecule has 0 radical (unpaired) electrons. The summed E-state index contributed by atoms with van der Waals surface area (Å²) in [5.41, 5.74) is 4.07. The molecule has 1 saturated heterocycles. The molecule has 2 aromatic rings. The average molecular weight is 420 g/mol. The molecule has 1 aromatic heterocycles. The van der Waals surface area contributed by atoms with Crippen LogP contribution in [0.2, 0.25) is 0 Å². The van der Waals surface area contributed by atoms with Gasteiger partial charge < -0.3 is 14.3 Å². The van der Waals surface area contributed by atoms with Crippen LogP contribution in [0.3, 0.4) is 0 Å². The summed E-state index contributed by atoms with van der Waals surface area (Å²) >= 11 is 0. The van der Waals surface area contributed by atoms with Gasteiger partial charge in [0.1, 0.15) is 17.7 Å². The summed E-state index contributed by atoms with van der Waals surface area (Å²) < 4.78 is 24.8. The highest BCUT2D eigenvalue weighted by molar-refractivity contribution is 5.96. The lowest BCUT2D eigenvalue weighted by Gasteiger charge is -2.30. The number of aliphatic hydroxyl groups excluding tert-OH is 1. The zero-order valence-electron chi connectivity index (χ0n) is 17.2. The summed E-state index contributed by atoms with van der Waals surface area (Å²) in [6.45, 7) is 0. The number of allylic oxidation sites excluding steroid dienone is 5. The molecule has 5 heteroatoms. The lowest BCUT2D eigenvalue weighted by Crippen LogP contribution is -2.31. The van der Waals surface area contributed by atoms with Crippen LogP contribution in [-0.2, 0) is 9.53 Å². The maximum absolute atomic E-state index is 13.6. The van der Waals surface area contributed by atoms with E-state index in [0.717, 1.165) is 53.7 Å². The van der Waals surface area contributed by atoms with Gasteiger partial charge >= 0.3 is 5.97 Å². The maximum atomic E-state index is 13.6. The minimum absolute atomic E-state index is 0.0437. The number of aliphatic hydroxyl groups is 1. The molecule has 1 aromatic carbocycles. The Hall–Kier alpha value is -2.92. The molecular formula is C26H25FO4. The topological polar surface area (TPSA) is 59.7 Å². The fourth-order valence-corrected chi connectivity index (χ4v) is 5.27. The zero-order chi connectivity index (χ0) is 21.4. The Labute approximate surface area is 180 Å². The number of carbonyl (C=O) groups excluding carboxylic acids is 1. The highest BCUT2D eigenvalue weighted by atomic mass is 19.1. The monoisotopic (exact) mass is 420 g/mol. The zero-order valence-corrected chi connectivity index (χ0v) is 17.2. The highest BCUT2D eigenvalue weighted by Crippen LogP contribution is 2.60. The summed E-state index contributed by atoms with van der Waals surface area (Å²) in [7, 11) is 0. The normalized spacial score (nSPS) is 25.5. The number of hydrogen-bond donors (Lipinski definition) is 1. The van der Waals surface area contributed by atoms with Crippen molar-refractivity contribution in [2.45, 2.75) is 50.7 Å². The molecule has 2 fully saturated rings. The molecule has 0 unspecified atom stereocenters. The summed E-state index contributed by atoms with van der Waals surface area (Å²) in [6, 6.07) is 10.4. The molecule has 2 aliphatic carbocycles. The SMILES string of the molecule is O=C1C[C@@H](O)C[C@H](C=CC2=C(c3ccc(F)cc3)C=C(c3ccco3)C23CCCC3)O1. The van der Waals surface area contributed by atoms with Gasteiger partial charge in [-0.2, -0.15) is 0 Å². The Kier molecular flexibility index (Phi) is 5.14. The van der Waals surface area contributed by atoms with Crippen LogP contribution < -0.4 is 0 Å². The fourth-order valence-electron chi connectivity index (χ4n) is 5.27. The molecule has 31 heavy (non-hydrogen) atoms. The first kappa shape index (κ1) is 20.0. The number of benzene rings is 1. The van der Waals surface area contributed by atoms with Crippen molar-refractivity contribution in [3.63, 3.8) is 0 Å². The van der Waals surface area contributed by atoms with E-state index < -0.39 is 12.2 Å². The van der Waals surface area contributed by atoms with Crippen molar-refractivity contribution in [1.82, 2.24) is 0 Å². The third-order valence-corrected chi connectivity index (χ3v) is 6.68. The van der Waals surface area contributed by atoms with Crippen LogP contribution >= 0.6 is 0 Å². The lowest BCUT2D eigenvalue weighted by molar-refractivity contribution is -0.156. The van der Waals surface area contributed by atoms with E-state index in [1.54, 1.807) is 18.4 Å². The van der Waals surface area contributed by atoms with Gasteiger partial charge in [0.2, 0.25) is 0 Å². The number of carbonyl (C=O) groups is 1. The van der Waals surface area contributed by atoms with E-state index >= 15 is 0 Å². The van der Waals surface area contributed by atoms with E-state index in [1.165, 1.54) is 12.1 Å². The van der Waals surface area contributed by atoms with Gasteiger partial charge in [0, 0.05) is 17.4 Å². The van der Waals surface area contributed by atoms with E-state index in [2.05, 4.69) is 6.08 Å². The Bertz CT molecular complexity index is 1050. The van der Waals surface area contributed by atoms with Crippen molar-refractivity contribution < 1.29 is 23.4 Å². The number of halogens is 1. The molecule has 2 heterocycles. The first-order chi connectivity index (χ1) is 15.0. The first-order valence-corrected chi connectivity index (χ1v) is 10.9. The second-order valence-corrected chi connectivity index (χ2v) is 8.64. The first-order valence-electron chi connectivity index (χ1n) is 10.9. The summed E-state index contributed by atoms with van der Waals surface area (Å²) in [5.74, 6) is 0.204. The Morgan fingerprint density at radius 2 is 1.90 bits per heavy atom. The van der Waals surface area contributed by atoms with Gasteiger partial charge in [-0.1, -0.05) is 31.1 Å². The van der Waals surface area contributed by atoms with Gasteiger partial charge in [-0.25, -0.2) is 4.39 Å². The summed E-state index contributed by atoms with van der Waals surface area (Å²) in [6.07, 6.45) is 11.3. The summed E-state index contributed by atoms with van der Waals surface area (Å²) in [5, 5.41) is 9.97. The molecule has 1 aliphatic heterocycles. The van der Waals surface area contributed by atoms with Crippen LogP contribution in [0, 0.1) is 11.2 Å². The molecule has 0 amide bonds. The molecule has 1 spiro atoms. The smallest absolute Gasteiger partial charge is 0.309 e. The third kappa shape index (κ3) is 3.68. The third-order valence-electron chi connectivity index (χ3n) is 6.68. The Morgan fingerprint density at radius 3 is 2.58 bits per heavy atom. The van der Waals surface area contributed by atoms with Crippen molar-refractivity contribution >= 4 is 17.1 Å². The van der Waals surface area contributed by atoms with Gasteiger partial charge in [-0.3, -0.25) is 4.79 Å². The quantitative estimate of drug-likeness (QED) is 0.668. The number of esters is 1. The van der Waals surface area contributed by atoms with Crippen LogP contribution in [0.1, 0.15) is 49.8 Å². The second kappa shape index (κ2) is 7.97. The van der Waals surface area contributed by atoms with Crippen molar-refractivity contribution in [1.29, 1.82) is 0 Å². The minimum Gasteiger partial charge on any atom is -0.465 e. The number of hydrogen-bond acceptors (Lipinski definition) is 4. The molecule has 5 rings (SSSR count). The molecule has 2 atom stereocenters. The molecule has 1 N–H and O–H groups in total. The molecular weight excluding hydrogens is 395 g/mol. The second-order valence-electron chi connectivity index (χ2n) is 8.64. The van der Waals surface area contributed by atoms with Gasteiger partial charge in [0.05, 0.1) is 18.8 Å². The maximum Gasteiger partial charge on any atom is 0.309 e. The van der Waals surface area contributed by atoms with Crippen LogP contribution in [0.5, 0.6) is 0 Å². The molecule has 0 bridgehead atoms. The van der Waals surface area contributed by atoms with Gasteiger partial charge in [0.25, 0.3) is 0 Å². The van der Waals surface area contributed by atoms with Crippen molar-refractivity contribution in [3.8, 4) is 0 Å². The van der Waals surface area contributed by atoms with Crippen molar-refractivity contribution in [2.75, 3.05) is 0 Å². The number of furan rings is 1. The molecule has 160 valence electrons. The van der Waals surface area contributed by atoms with E-state index in [1.807, 2.05) is 24.3 Å². The van der Waals surface area contributed by atoms with Gasteiger partial charge in [0.15, 0.2) is 0 Å². The Morgan fingerprint density at radius 1 is 1.13 bits per heavy atom. The fraction of sp³-hybridized carbons (Fsp3) is 0.346. The van der Waals surface area contributed by atoms with E-state index in [0.29, 0.717) is 6.42 Å². The number of ether oxygens (including phenoxy) is 1. The van der Waals surface area contributed by atoms with Crippen LogP contribution in [0.25, 0.3) is 11.1 Å². The summed E-state index contributed by atoms with van der Waals surface area (Å²) in [4.78, 5) is 11.8. The number of cyclic esters (lactones) is 1. The van der Waals surface area contributed by atoms with Gasteiger partial charge in [-0.05, 0) is 66.0 Å². The molecule has 1 saturated carbocycles. The Balaban J connectivity index is 1.60. The van der Waals surface area contributed by atoms with E-state index in [-0.39, 0.29) is 23.6 Å². The molecule has 4 nitrogen and oxygen atoms in total. The largest absolute Gasteiger partial charge is 0.465 e. The average Bonchev–Trinajstić information content (AvgIpc) is 3.48. The highest BCUT2D eigenvalue weighted by Gasteiger charge is 2.46. The van der Waals surface area contributed by atoms with Crippen molar-refractivity contribution in [2.24, 2.45) is 5.41 Å². The van der Waals surface area contributed by atoms with E-state index in [9.17, 15) is 14.3 Å². The predicted molar refractivity (Wildman–Crippen MR) is 115 cm³/mol. The lowest BCUT2D eigenvalue weighted by atomic mass is 9.73.